The van der Waals surface area contributed by atoms with Gasteiger partial charge in [-0.05, 0) is 31.2 Å². The number of hydrogen-bond donors (Lipinski definition) is 4. The minimum atomic E-state index is -0.403. The van der Waals surface area contributed by atoms with Gasteiger partial charge in [0.15, 0.2) is 23.0 Å². The first-order chi connectivity index (χ1) is 13.0. The van der Waals surface area contributed by atoms with Gasteiger partial charge in [-0.1, -0.05) is 12.8 Å². The number of anilines is 3. The summed E-state index contributed by atoms with van der Waals surface area (Å²) in [5, 5.41) is 15.4. The molecule has 0 radical (unpaired) electrons. The Morgan fingerprint density at radius 2 is 2.04 bits per heavy atom. The smallest absolute Gasteiger partial charge is 0.332 e. The van der Waals surface area contributed by atoms with E-state index in [4.69, 9.17) is 4.74 Å². The molecule has 1 aromatic carbocycles. The number of ether oxygens (including phenoxy) is 1. The Bertz CT molecular complexity index is 984. The number of amides is 2. The first kappa shape index (κ1) is 18.5. The van der Waals surface area contributed by atoms with E-state index < -0.39 is 6.03 Å². The van der Waals surface area contributed by atoms with Crippen molar-refractivity contribution in [3.63, 3.8) is 0 Å². The lowest BCUT2D eigenvalue weighted by molar-refractivity contribution is 0.240. The van der Waals surface area contributed by atoms with Gasteiger partial charge in [0.1, 0.15) is 11.3 Å². The maximum Gasteiger partial charge on any atom is 0.332 e. The van der Waals surface area contributed by atoms with Crippen LogP contribution in [0.25, 0.3) is 11.2 Å². The molecular formula is C17H18N6O3S. The van der Waals surface area contributed by atoms with Gasteiger partial charge in [0, 0.05) is 18.3 Å². The third-order valence-corrected chi connectivity index (χ3v) is 4.09. The van der Waals surface area contributed by atoms with E-state index in [9.17, 15) is 9.90 Å². The van der Waals surface area contributed by atoms with Crippen molar-refractivity contribution in [1.29, 1.82) is 0 Å². The highest BCUT2D eigenvalue weighted by atomic mass is 32.1. The fourth-order valence-corrected chi connectivity index (χ4v) is 2.30. The van der Waals surface area contributed by atoms with Crippen LogP contribution in [-0.4, -0.2) is 44.0 Å². The number of phenols is 1. The molecule has 0 aliphatic rings. The minimum Gasteiger partial charge on any atom is -0.504 e. The van der Waals surface area contributed by atoms with E-state index in [1.54, 1.807) is 31.2 Å². The molecule has 27 heavy (non-hydrogen) atoms. The van der Waals surface area contributed by atoms with Crippen molar-refractivity contribution in [3.8, 4) is 11.5 Å². The monoisotopic (exact) mass is 386 g/mol. The van der Waals surface area contributed by atoms with Crippen LogP contribution in [0.15, 0.2) is 36.5 Å². The average Bonchev–Trinajstić information content (AvgIpc) is 2.68. The van der Waals surface area contributed by atoms with E-state index in [2.05, 4.69) is 38.4 Å². The van der Waals surface area contributed by atoms with E-state index in [1.165, 1.54) is 23.7 Å². The first-order valence-corrected chi connectivity index (χ1v) is 8.45. The maximum atomic E-state index is 11.9. The molecule has 3 rings (SSSR count). The number of aromatic hydroxyl groups is 1. The van der Waals surface area contributed by atoms with Gasteiger partial charge < -0.3 is 15.2 Å². The number of rotatable bonds is 5. The number of nitrogens with zero attached hydrogens (tertiary/aromatic N) is 4. The molecule has 3 N–H and O–H groups in total. The average molecular weight is 386 g/mol. The zero-order chi connectivity index (χ0) is 19.4. The van der Waals surface area contributed by atoms with Crippen molar-refractivity contribution >= 4 is 47.3 Å². The number of urea groups is 1. The summed E-state index contributed by atoms with van der Waals surface area (Å²) in [6, 6.07) is 7.97. The molecule has 0 aliphatic carbocycles. The molecule has 0 saturated carbocycles. The van der Waals surface area contributed by atoms with E-state index in [1.807, 2.05) is 0 Å². The van der Waals surface area contributed by atoms with Crippen LogP contribution >= 0.6 is 12.8 Å². The Labute approximate surface area is 161 Å². The summed E-state index contributed by atoms with van der Waals surface area (Å²) < 4.78 is 6.31. The number of thiol groups is 1. The third kappa shape index (κ3) is 4.29. The topological polar surface area (TPSA) is 113 Å². The number of carbonyl (C=O) groups excluding carboxylic acids is 1. The molecule has 0 saturated heterocycles. The molecule has 9 nitrogen and oxygen atoms in total. The lowest BCUT2D eigenvalue weighted by Crippen LogP contribution is -2.27. The predicted octanol–water partition coefficient (Wildman–Crippen LogP) is 3.18. The van der Waals surface area contributed by atoms with Crippen molar-refractivity contribution in [3.05, 3.63) is 36.5 Å². The van der Waals surface area contributed by atoms with Gasteiger partial charge in [-0.25, -0.2) is 19.7 Å². The summed E-state index contributed by atoms with van der Waals surface area (Å²) in [5.74, 6) is 1.19. The minimum absolute atomic E-state index is 0.0473. The first-order valence-electron chi connectivity index (χ1n) is 8.05. The lowest BCUT2D eigenvalue weighted by Gasteiger charge is -2.13. The molecule has 10 heteroatoms. The highest BCUT2D eigenvalue weighted by Gasteiger charge is 2.10. The number of phenolic OH excluding ortho intramolecular Hbond substituents is 1. The van der Waals surface area contributed by atoms with Crippen LogP contribution in [0, 0.1) is 0 Å². The molecule has 0 unspecified atom stereocenters. The summed E-state index contributed by atoms with van der Waals surface area (Å²) in [5.41, 5.74) is 1.63. The van der Waals surface area contributed by atoms with E-state index >= 15 is 0 Å². The maximum absolute atomic E-state index is 11.9. The fourth-order valence-electron chi connectivity index (χ4n) is 2.25. The normalized spacial score (nSPS) is 10.5. The van der Waals surface area contributed by atoms with Gasteiger partial charge in [-0.3, -0.25) is 9.62 Å². The largest absolute Gasteiger partial charge is 0.504 e. The van der Waals surface area contributed by atoms with Gasteiger partial charge in [0.05, 0.1) is 13.3 Å². The summed E-state index contributed by atoms with van der Waals surface area (Å²) >= 11 is 4.04. The zero-order valence-corrected chi connectivity index (χ0v) is 15.6. The molecule has 0 fully saturated rings. The summed E-state index contributed by atoms with van der Waals surface area (Å²) in [4.78, 5) is 24.8. The Kier molecular flexibility index (Phi) is 5.46. The molecule has 0 bridgehead atoms. The SMILES string of the molecule is CCN(S)C(=O)Nc1cnc2ccc(Nc3ccc(O)c(OC)c3)nc2n1. The Morgan fingerprint density at radius 1 is 1.26 bits per heavy atom. The number of fused-ring (bicyclic) bond motifs is 1. The van der Waals surface area contributed by atoms with Crippen molar-refractivity contribution < 1.29 is 14.6 Å². The van der Waals surface area contributed by atoms with Gasteiger partial charge >= 0.3 is 6.03 Å². The van der Waals surface area contributed by atoms with Crippen LogP contribution in [0.1, 0.15) is 6.92 Å². The highest BCUT2D eigenvalue weighted by Crippen LogP contribution is 2.30. The Morgan fingerprint density at radius 3 is 2.78 bits per heavy atom. The van der Waals surface area contributed by atoms with Crippen molar-refractivity contribution in [1.82, 2.24) is 19.3 Å². The predicted molar refractivity (Wildman–Crippen MR) is 106 cm³/mol. The zero-order valence-electron chi connectivity index (χ0n) is 14.7. The van der Waals surface area contributed by atoms with Crippen molar-refractivity contribution in [2.75, 3.05) is 24.3 Å². The number of pyridine rings is 1. The number of methoxy groups -OCH3 is 1. The van der Waals surface area contributed by atoms with Crippen LogP contribution in [0.5, 0.6) is 11.5 Å². The fraction of sp³-hybridized carbons (Fsp3) is 0.176. The Balaban J connectivity index is 1.84. The van der Waals surface area contributed by atoms with Crippen LogP contribution in [0.3, 0.4) is 0 Å². The van der Waals surface area contributed by atoms with Gasteiger partial charge in [0.25, 0.3) is 0 Å². The number of benzene rings is 1. The number of carbonyl (C=O) groups is 1. The van der Waals surface area contributed by atoms with Crippen LogP contribution in [-0.2, 0) is 0 Å². The van der Waals surface area contributed by atoms with Crippen LogP contribution in [0.2, 0.25) is 0 Å². The van der Waals surface area contributed by atoms with E-state index in [-0.39, 0.29) is 11.6 Å². The van der Waals surface area contributed by atoms with Gasteiger partial charge in [0.2, 0.25) is 0 Å². The Hall–Kier alpha value is -3.27. The molecule has 2 amide bonds. The second-order valence-corrected chi connectivity index (χ2v) is 5.93. The van der Waals surface area contributed by atoms with Gasteiger partial charge in [-0.2, -0.15) is 0 Å². The van der Waals surface area contributed by atoms with E-state index in [0.29, 0.717) is 35.0 Å². The molecule has 0 atom stereocenters. The molecule has 3 aromatic rings. The lowest BCUT2D eigenvalue weighted by atomic mass is 10.2. The summed E-state index contributed by atoms with van der Waals surface area (Å²) in [6.07, 6.45) is 1.46. The van der Waals surface area contributed by atoms with Crippen molar-refractivity contribution in [2.45, 2.75) is 6.92 Å². The molecule has 0 spiro atoms. The van der Waals surface area contributed by atoms with E-state index in [0.717, 1.165) is 0 Å². The third-order valence-electron chi connectivity index (χ3n) is 3.63. The molecule has 0 aliphatic heterocycles. The van der Waals surface area contributed by atoms with Crippen LogP contribution in [0.4, 0.5) is 22.1 Å². The number of nitrogens with one attached hydrogen (secondary N) is 2. The molecular weight excluding hydrogens is 368 g/mol. The van der Waals surface area contributed by atoms with Gasteiger partial charge in [-0.15, -0.1) is 0 Å². The molecule has 2 heterocycles. The number of aromatic nitrogens is 3. The standard InChI is InChI=1S/C17H18N6O3S/c1-3-23(27)17(25)22-15-9-18-11-5-7-14(20-16(11)21-15)19-10-4-6-12(24)13(8-10)26-2/h4-9,24,27H,3H2,1-2H3,(H2,19,20,21,22,25). The second-order valence-electron chi connectivity index (χ2n) is 5.45. The van der Waals surface area contributed by atoms with Crippen molar-refractivity contribution in [2.24, 2.45) is 0 Å². The van der Waals surface area contributed by atoms with Crippen LogP contribution < -0.4 is 15.4 Å². The summed E-state index contributed by atoms with van der Waals surface area (Å²) in [6.45, 7) is 2.24. The highest BCUT2D eigenvalue weighted by molar-refractivity contribution is 7.78. The number of hydrogen-bond acceptors (Lipinski definition) is 8. The molecule has 140 valence electrons. The molecule has 2 aromatic heterocycles. The quantitative estimate of drug-likeness (QED) is 0.393. The second kappa shape index (κ2) is 7.96. The summed E-state index contributed by atoms with van der Waals surface area (Å²) in [7, 11) is 1.48.